The van der Waals surface area contributed by atoms with E-state index in [1.54, 1.807) is 0 Å². The number of benzene rings is 2. The third-order valence-corrected chi connectivity index (χ3v) is 6.82. The van der Waals surface area contributed by atoms with E-state index in [9.17, 15) is 4.79 Å². The van der Waals surface area contributed by atoms with Crippen molar-refractivity contribution < 1.29 is 0 Å². The molecule has 4 nitrogen and oxygen atoms in total. The van der Waals surface area contributed by atoms with Crippen molar-refractivity contribution in [2.45, 2.75) is 32.5 Å². The van der Waals surface area contributed by atoms with Gasteiger partial charge in [0.2, 0.25) is 0 Å². The van der Waals surface area contributed by atoms with Gasteiger partial charge >= 0.3 is 0 Å². The number of fused-ring (bicyclic) bond motifs is 3. The van der Waals surface area contributed by atoms with Gasteiger partial charge in [0.05, 0.1) is 6.54 Å². The summed E-state index contributed by atoms with van der Waals surface area (Å²) < 4.78 is 2.86. The maximum atomic E-state index is 13.7. The van der Waals surface area contributed by atoms with Crippen molar-refractivity contribution in [3.8, 4) is 0 Å². The van der Waals surface area contributed by atoms with Gasteiger partial charge < -0.3 is 0 Å². The molecule has 0 saturated carbocycles. The van der Waals surface area contributed by atoms with Crippen molar-refractivity contribution in [3.05, 3.63) is 114 Å². The van der Waals surface area contributed by atoms with E-state index in [-0.39, 0.29) is 5.56 Å². The highest BCUT2D eigenvalue weighted by molar-refractivity contribution is 9.10. The van der Waals surface area contributed by atoms with Gasteiger partial charge in [-0.1, -0.05) is 63.9 Å². The van der Waals surface area contributed by atoms with Crippen LogP contribution in [-0.4, -0.2) is 16.0 Å². The Bertz CT molecular complexity index is 1380. The molecular weight excluding hydrogens is 486 g/mol. The van der Waals surface area contributed by atoms with Gasteiger partial charge in [0, 0.05) is 46.1 Å². The van der Waals surface area contributed by atoms with Gasteiger partial charge in [0.15, 0.2) is 0 Å². The monoisotopic (exact) mass is 507 g/mol. The molecule has 162 valence electrons. The van der Waals surface area contributed by atoms with Gasteiger partial charge in [-0.2, -0.15) is 0 Å². The van der Waals surface area contributed by atoms with E-state index < -0.39 is 0 Å². The molecular formula is C26H23BrClN3O. The number of aromatic nitrogens is 1. The van der Waals surface area contributed by atoms with Crippen LogP contribution in [0.1, 0.15) is 28.7 Å². The summed E-state index contributed by atoms with van der Waals surface area (Å²) in [6.45, 7) is 2.82. The fourth-order valence-corrected chi connectivity index (χ4v) is 5.00. The van der Waals surface area contributed by atoms with Crippen LogP contribution in [0.2, 0.25) is 5.02 Å². The van der Waals surface area contributed by atoms with Crippen LogP contribution in [-0.2, 0) is 26.1 Å². The van der Waals surface area contributed by atoms with Gasteiger partial charge in [-0.3, -0.25) is 14.3 Å². The maximum Gasteiger partial charge on any atom is 0.257 e. The van der Waals surface area contributed by atoms with Gasteiger partial charge in [-0.05, 0) is 53.8 Å². The Morgan fingerprint density at radius 3 is 2.69 bits per heavy atom. The number of pyridine rings is 1. The molecule has 0 saturated heterocycles. The summed E-state index contributed by atoms with van der Waals surface area (Å²) in [7, 11) is 0. The molecule has 2 aliphatic rings. The molecule has 0 aliphatic carbocycles. The minimum Gasteiger partial charge on any atom is -0.294 e. The first-order valence-electron chi connectivity index (χ1n) is 10.8. The first-order valence-corrected chi connectivity index (χ1v) is 11.9. The largest absolute Gasteiger partial charge is 0.294 e. The average Bonchev–Trinajstić information content (AvgIpc) is 3.04. The number of allylic oxidation sites excluding steroid dienone is 1. The molecule has 0 unspecified atom stereocenters. The van der Waals surface area contributed by atoms with Crippen molar-refractivity contribution in [2.24, 2.45) is 4.99 Å². The van der Waals surface area contributed by atoms with Crippen LogP contribution in [0.4, 0.5) is 0 Å². The van der Waals surface area contributed by atoms with Crippen LogP contribution >= 0.6 is 27.5 Å². The zero-order chi connectivity index (χ0) is 22.1. The molecule has 0 fully saturated rings. The lowest BCUT2D eigenvalue weighted by Crippen LogP contribution is -2.50. The van der Waals surface area contributed by atoms with Crippen LogP contribution in [0.25, 0.3) is 6.08 Å². The van der Waals surface area contributed by atoms with Crippen LogP contribution < -0.4 is 16.3 Å². The second-order valence-corrected chi connectivity index (χ2v) is 9.61. The minimum absolute atomic E-state index is 0.0601. The quantitative estimate of drug-likeness (QED) is 0.530. The Kier molecular flexibility index (Phi) is 6.13. The Balaban J connectivity index is 1.57. The molecule has 1 aromatic heterocycles. The lowest BCUT2D eigenvalue weighted by molar-refractivity contribution is 0.242. The summed E-state index contributed by atoms with van der Waals surface area (Å²) >= 11 is 9.66. The molecule has 0 N–H and O–H groups in total. The van der Waals surface area contributed by atoms with Crippen LogP contribution in [0.3, 0.4) is 0 Å². The number of hydrogen-bond acceptors (Lipinski definition) is 3. The SMILES string of the molecule is O=c1c2c(c3c(n1Cc1ccc(Br)cc1)=NC=CCC=3)CCN(Cc1cccc(Cl)c1)C2. The predicted molar refractivity (Wildman–Crippen MR) is 132 cm³/mol. The molecule has 3 aromatic rings. The minimum atomic E-state index is 0.0601. The molecule has 0 amide bonds. The molecule has 0 bridgehead atoms. The molecule has 5 rings (SSSR count). The second-order valence-electron chi connectivity index (χ2n) is 8.26. The molecule has 2 aliphatic heterocycles. The summed E-state index contributed by atoms with van der Waals surface area (Å²) in [5.74, 6) is 0. The molecule has 6 heteroatoms. The highest BCUT2D eigenvalue weighted by Gasteiger charge is 2.23. The smallest absolute Gasteiger partial charge is 0.257 e. The van der Waals surface area contributed by atoms with E-state index in [0.29, 0.717) is 13.1 Å². The number of halogens is 2. The van der Waals surface area contributed by atoms with Crippen molar-refractivity contribution in [2.75, 3.05) is 6.54 Å². The van der Waals surface area contributed by atoms with Crippen LogP contribution in [0.5, 0.6) is 0 Å². The van der Waals surface area contributed by atoms with Crippen molar-refractivity contribution in [1.29, 1.82) is 0 Å². The van der Waals surface area contributed by atoms with E-state index >= 15 is 0 Å². The highest BCUT2D eigenvalue weighted by Crippen LogP contribution is 2.18. The molecule has 32 heavy (non-hydrogen) atoms. The van der Waals surface area contributed by atoms with Gasteiger partial charge in [0.25, 0.3) is 5.56 Å². The van der Waals surface area contributed by atoms with Crippen molar-refractivity contribution in [1.82, 2.24) is 9.47 Å². The van der Waals surface area contributed by atoms with Gasteiger partial charge in [-0.15, -0.1) is 0 Å². The summed E-state index contributed by atoms with van der Waals surface area (Å²) in [6.07, 6.45) is 7.74. The Morgan fingerprint density at radius 1 is 1.03 bits per heavy atom. The molecule has 0 atom stereocenters. The van der Waals surface area contributed by atoms with Crippen molar-refractivity contribution >= 4 is 33.6 Å². The normalized spacial score (nSPS) is 15.3. The van der Waals surface area contributed by atoms with Crippen LogP contribution in [0.15, 0.2) is 75.1 Å². The van der Waals surface area contributed by atoms with Crippen molar-refractivity contribution in [3.63, 3.8) is 0 Å². The third kappa shape index (κ3) is 4.38. The molecule has 2 aromatic carbocycles. The number of nitrogens with zero attached hydrogens (tertiary/aromatic N) is 3. The summed E-state index contributed by atoms with van der Waals surface area (Å²) in [4.78, 5) is 20.7. The van der Waals surface area contributed by atoms with E-state index in [0.717, 1.165) is 68.4 Å². The standard InChI is InChI=1S/C26H23BrClN3O/c27-20-9-7-18(8-10-20)16-31-25-23(6-1-2-12-29-25)22-11-13-30(17-24(22)26(31)32)15-19-4-3-5-21(28)14-19/h2-10,12,14H,1,11,13,15-17H2. The molecule has 3 heterocycles. The number of rotatable bonds is 4. The zero-order valence-corrected chi connectivity index (χ0v) is 19.9. The molecule has 0 radical (unpaired) electrons. The first kappa shape index (κ1) is 21.4. The Hall–Kier alpha value is -2.47. The third-order valence-electron chi connectivity index (χ3n) is 6.06. The summed E-state index contributed by atoms with van der Waals surface area (Å²) in [6, 6.07) is 16.1. The lowest BCUT2D eigenvalue weighted by atomic mass is 9.98. The highest BCUT2D eigenvalue weighted by atomic mass is 79.9. The fraction of sp³-hybridized carbons (Fsp3) is 0.231. The van der Waals surface area contributed by atoms with Gasteiger partial charge in [0.1, 0.15) is 5.49 Å². The number of hydrogen-bond donors (Lipinski definition) is 0. The predicted octanol–water partition coefficient (Wildman–Crippen LogP) is 4.19. The summed E-state index contributed by atoms with van der Waals surface area (Å²) in [5, 5.41) is 1.86. The van der Waals surface area contributed by atoms with Gasteiger partial charge in [-0.25, -0.2) is 4.99 Å². The van der Waals surface area contributed by atoms with E-state index in [2.05, 4.69) is 38.0 Å². The maximum absolute atomic E-state index is 13.7. The molecule has 0 spiro atoms. The topological polar surface area (TPSA) is 37.6 Å². The zero-order valence-electron chi connectivity index (χ0n) is 17.6. The van der Waals surface area contributed by atoms with E-state index in [1.165, 1.54) is 0 Å². The Morgan fingerprint density at radius 2 is 1.88 bits per heavy atom. The first-order chi connectivity index (χ1) is 15.6. The average molecular weight is 509 g/mol. The Labute approximate surface area is 200 Å². The van der Waals surface area contributed by atoms with E-state index in [4.69, 9.17) is 11.6 Å². The lowest BCUT2D eigenvalue weighted by Gasteiger charge is -2.29. The van der Waals surface area contributed by atoms with E-state index in [1.807, 2.05) is 59.3 Å². The fourth-order valence-electron chi connectivity index (χ4n) is 4.52. The second kappa shape index (κ2) is 9.18. The van der Waals surface area contributed by atoms with Crippen LogP contribution in [0, 0.1) is 0 Å². The summed E-state index contributed by atoms with van der Waals surface area (Å²) in [5.41, 5.74) is 5.12.